The summed E-state index contributed by atoms with van der Waals surface area (Å²) in [5.41, 5.74) is -1.29. The summed E-state index contributed by atoms with van der Waals surface area (Å²) in [4.78, 5) is 28.1. The summed E-state index contributed by atoms with van der Waals surface area (Å²) in [5.74, 6) is 1.74. The van der Waals surface area contributed by atoms with Gasteiger partial charge >= 0.3 is 12.1 Å². The van der Waals surface area contributed by atoms with E-state index in [1.165, 1.54) is 0 Å². The second kappa shape index (κ2) is 6.36. The standard InChI is InChI=1S/C15H20N2O4S/c1-8-9-10(11(18)20-14(2,3)4)16-12(22-9)17-13(19)21-15(5,6)7/h1H,2-7H3,(H,16,17,19). The van der Waals surface area contributed by atoms with Crippen molar-refractivity contribution in [2.24, 2.45) is 0 Å². The summed E-state index contributed by atoms with van der Waals surface area (Å²) in [5, 5.41) is 2.64. The number of hydrogen-bond donors (Lipinski definition) is 1. The molecule has 7 heteroatoms. The molecule has 0 aliphatic heterocycles. The number of hydrogen-bond acceptors (Lipinski definition) is 6. The van der Waals surface area contributed by atoms with Crippen LogP contribution in [-0.2, 0) is 9.47 Å². The molecule has 0 spiro atoms. The van der Waals surface area contributed by atoms with Crippen molar-refractivity contribution < 1.29 is 19.1 Å². The first-order valence-electron chi connectivity index (χ1n) is 6.62. The Labute approximate surface area is 134 Å². The van der Waals surface area contributed by atoms with Crippen LogP contribution >= 0.6 is 11.3 Å². The average molecular weight is 324 g/mol. The van der Waals surface area contributed by atoms with Crippen molar-refractivity contribution in [3.8, 4) is 12.3 Å². The summed E-state index contributed by atoms with van der Waals surface area (Å²) in [6.45, 7) is 10.5. The van der Waals surface area contributed by atoms with Gasteiger partial charge in [-0.05, 0) is 41.5 Å². The number of thiazole rings is 1. The van der Waals surface area contributed by atoms with Gasteiger partial charge in [0.15, 0.2) is 10.8 Å². The summed E-state index contributed by atoms with van der Waals surface area (Å²) in [7, 11) is 0. The monoisotopic (exact) mass is 324 g/mol. The Hall–Kier alpha value is -2.07. The highest BCUT2D eigenvalue weighted by atomic mass is 32.1. The first kappa shape index (κ1) is 18.0. The molecule has 1 heterocycles. The highest BCUT2D eigenvalue weighted by molar-refractivity contribution is 7.16. The molecular weight excluding hydrogens is 304 g/mol. The number of nitrogens with one attached hydrogen (secondary N) is 1. The molecule has 0 unspecified atom stereocenters. The third-order valence-corrected chi connectivity index (χ3v) is 2.86. The van der Waals surface area contributed by atoms with Crippen LogP contribution in [0.15, 0.2) is 0 Å². The molecule has 22 heavy (non-hydrogen) atoms. The topological polar surface area (TPSA) is 77.5 Å². The van der Waals surface area contributed by atoms with Crippen LogP contribution in [0.25, 0.3) is 0 Å². The number of rotatable bonds is 2. The quantitative estimate of drug-likeness (QED) is 0.666. The van der Waals surface area contributed by atoms with E-state index in [1.54, 1.807) is 41.5 Å². The van der Waals surface area contributed by atoms with Crippen molar-refractivity contribution in [3.63, 3.8) is 0 Å². The van der Waals surface area contributed by atoms with E-state index in [0.29, 0.717) is 4.88 Å². The molecular formula is C15H20N2O4S. The maximum atomic E-state index is 12.1. The number of carbonyl (C=O) groups excluding carboxylic acids is 2. The molecule has 0 saturated carbocycles. The molecule has 0 atom stereocenters. The molecule has 0 aliphatic rings. The summed E-state index contributed by atoms with van der Waals surface area (Å²) in [6, 6.07) is 0. The fourth-order valence-electron chi connectivity index (χ4n) is 1.33. The number of anilines is 1. The number of esters is 1. The number of ether oxygens (including phenoxy) is 2. The Bertz CT molecular complexity index is 615. The van der Waals surface area contributed by atoms with E-state index in [0.717, 1.165) is 11.3 Å². The van der Waals surface area contributed by atoms with Gasteiger partial charge in [0.05, 0.1) is 0 Å². The minimum absolute atomic E-state index is 0.00786. The zero-order chi connectivity index (χ0) is 17.1. The van der Waals surface area contributed by atoms with Crippen LogP contribution < -0.4 is 5.32 Å². The lowest BCUT2D eigenvalue weighted by molar-refractivity contribution is 0.00631. The van der Waals surface area contributed by atoms with Crippen LogP contribution in [-0.4, -0.2) is 28.2 Å². The molecule has 0 bridgehead atoms. The van der Waals surface area contributed by atoms with Crippen LogP contribution in [0, 0.1) is 12.3 Å². The van der Waals surface area contributed by atoms with Crippen LogP contribution in [0.1, 0.15) is 56.9 Å². The maximum absolute atomic E-state index is 12.1. The van der Waals surface area contributed by atoms with Gasteiger partial charge in [-0.2, -0.15) is 0 Å². The first-order chi connectivity index (χ1) is 9.91. The molecule has 1 N–H and O–H groups in total. The van der Waals surface area contributed by atoms with E-state index in [4.69, 9.17) is 15.9 Å². The van der Waals surface area contributed by atoms with Crippen molar-refractivity contribution in [1.29, 1.82) is 0 Å². The number of carbonyl (C=O) groups is 2. The predicted octanol–water partition coefficient (Wildman–Crippen LogP) is 3.43. The minimum atomic E-state index is -0.666. The second-order valence-corrected chi connectivity index (χ2v) is 7.47. The Balaban J connectivity index is 2.91. The number of amides is 1. The van der Waals surface area contributed by atoms with Gasteiger partial charge in [-0.3, -0.25) is 5.32 Å². The second-order valence-electron chi connectivity index (χ2n) is 6.47. The Morgan fingerprint density at radius 2 is 1.68 bits per heavy atom. The normalized spacial score (nSPS) is 11.5. The molecule has 0 fully saturated rings. The van der Waals surface area contributed by atoms with Crippen molar-refractivity contribution in [3.05, 3.63) is 10.6 Å². The van der Waals surface area contributed by atoms with Gasteiger partial charge in [-0.25, -0.2) is 14.6 Å². The third-order valence-electron chi connectivity index (χ3n) is 1.96. The number of nitrogens with zero attached hydrogens (tertiary/aromatic N) is 1. The molecule has 1 rings (SSSR count). The van der Waals surface area contributed by atoms with E-state index >= 15 is 0 Å². The molecule has 1 aromatic heterocycles. The Kier molecular flexibility index (Phi) is 5.20. The molecule has 0 aromatic carbocycles. The lowest BCUT2D eigenvalue weighted by Crippen LogP contribution is -2.27. The SMILES string of the molecule is C#Cc1sc(NC(=O)OC(C)(C)C)nc1C(=O)OC(C)(C)C. The summed E-state index contributed by atoms with van der Waals surface area (Å²) in [6.07, 6.45) is 4.70. The highest BCUT2D eigenvalue weighted by Crippen LogP contribution is 2.25. The third kappa shape index (κ3) is 5.74. The highest BCUT2D eigenvalue weighted by Gasteiger charge is 2.25. The lowest BCUT2D eigenvalue weighted by atomic mass is 10.2. The molecule has 6 nitrogen and oxygen atoms in total. The average Bonchev–Trinajstić information content (AvgIpc) is 2.66. The van der Waals surface area contributed by atoms with E-state index < -0.39 is 23.3 Å². The lowest BCUT2D eigenvalue weighted by Gasteiger charge is -2.19. The molecule has 0 aliphatic carbocycles. The fraction of sp³-hybridized carbons (Fsp3) is 0.533. The zero-order valence-corrected chi connectivity index (χ0v) is 14.4. The van der Waals surface area contributed by atoms with Crippen molar-refractivity contribution in [1.82, 2.24) is 4.98 Å². The zero-order valence-electron chi connectivity index (χ0n) is 13.6. The first-order valence-corrected chi connectivity index (χ1v) is 7.44. The van der Waals surface area contributed by atoms with Crippen LogP contribution in [0.3, 0.4) is 0 Å². The number of aromatic nitrogens is 1. The summed E-state index contributed by atoms with van der Waals surface area (Å²) >= 11 is 1.01. The van der Waals surface area contributed by atoms with Crippen molar-refractivity contribution >= 4 is 28.5 Å². The van der Waals surface area contributed by atoms with Gasteiger partial charge in [-0.1, -0.05) is 17.3 Å². The summed E-state index contributed by atoms with van der Waals surface area (Å²) < 4.78 is 10.3. The largest absolute Gasteiger partial charge is 0.455 e. The van der Waals surface area contributed by atoms with Gasteiger partial charge in [0, 0.05) is 0 Å². The molecule has 1 aromatic rings. The van der Waals surface area contributed by atoms with Gasteiger partial charge in [0.1, 0.15) is 16.1 Å². The van der Waals surface area contributed by atoms with E-state index in [9.17, 15) is 9.59 Å². The van der Waals surface area contributed by atoms with Gasteiger partial charge in [0.25, 0.3) is 0 Å². The maximum Gasteiger partial charge on any atom is 0.413 e. The van der Waals surface area contributed by atoms with Gasteiger partial charge < -0.3 is 9.47 Å². The van der Waals surface area contributed by atoms with Crippen LogP contribution in [0.5, 0.6) is 0 Å². The molecule has 0 radical (unpaired) electrons. The minimum Gasteiger partial charge on any atom is -0.455 e. The molecule has 1 amide bonds. The smallest absolute Gasteiger partial charge is 0.413 e. The van der Waals surface area contributed by atoms with Gasteiger partial charge in [0.2, 0.25) is 0 Å². The van der Waals surface area contributed by atoms with Gasteiger partial charge in [-0.15, -0.1) is 6.42 Å². The van der Waals surface area contributed by atoms with E-state index in [2.05, 4.69) is 16.2 Å². The van der Waals surface area contributed by atoms with E-state index in [-0.39, 0.29) is 10.8 Å². The van der Waals surface area contributed by atoms with E-state index in [1.807, 2.05) is 0 Å². The predicted molar refractivity (Wildman–Crippen MR) is 85.1 cm³/mol. The van der Waals surface area contributed by atoms with Crippen molar-refractivity contribution in [2.75, 3.05) is 5.32 Å². The van der Waals surface area contributed by atoms with Crippen LogP contribution in [0.2, 0.25) is 0 Å². The van der Waals surface area contributed by atoms with Crippen molar-refractivity contribution in [2.45, 2.75) is 52.7 Å². The molecule has 0 saturated heterocycles. The number of terminal acetylenes is 1. The fourth-order valence-corrected chi connectivity index (χ4v) is 2.08. The molecule has 120 valence electrons. The Morgan fingerprint density at radius 1 is 1.14 bits per heavy atom. The Morgan fingerprint density at radius 3 is 2.14 bits per heavy atom. The van der Waals surface area contributed by atoms with Crippen LogP contribution in [0.4, 0.5) is 9.93 Å².